The summed E-state index contributed by atoms with van der Waals surface area (Å²) < 4.78 is 26.7. The van der Waals surface area contributed by atoms with Gasteiger partial charge in [-0.25, -0.2) is 13.1 Å². The van der Waals surface area contributed by atoms with Gasteiger partial charge >= 0.3 is 0 Å². The Bertz CT molecular complexity index is 614. The van der Waals surface area contributed by atoms with Crippen LogP contribution in [0.3, 0.4) is 0 Å². The molecule has 20 heavy (non-hydrogen) atoms. The lowest BCUT2D eigenvalue weighted by Gasteiger charge is -2.23. The molecule has 0 atom stereocenters. The molecule has 0 saturated carbocycles. The van der Waals surface area contributed by atoms with Crippen LogP contribution < -0.4 is 15.8 Å². The van der Waals surface area contributed by atoms with Crippen molar-refractivity contribution >= 4 is 33.2 Å². The third-order valence-electron chi connectivity index (χ3n) is 2.81. The quantitative estimate of drug-likeness (QED) is 0.704. The molecule has 1 amide bonds. The highest BCUT2D eigenvalue weighted by molar-refractivity contribution is 7.89. The molecule has 8 heteroatoms. The van der Waals surface area contributed by atoms with Gasteiger partial charge in [0, 0.05) is 18.6 Å². The van der Waals surface area contributed by atoms with Gasteiger partial charge in [0.25, 0.3) is 0 Å². The number of sulfonamides is 1. The van der Waals surface area contributed by atoms with Crippen LogP contribution in [0.25, 0.3) is 0 Å². The summed E-state index contributed by atoms with van der Waals surface area (Å²) in [5.74, 6) is -0.260. The highest BCUT2D eigenvalue weighted by Gasteiger charge is 2.29. The molecular weight excluding hydrogens is 302 g/mol. The van der Waals surface area contributed by atoms with Crippen molar-refractivity contribution in [1.82, 2.24) is 10.0 Å². The van der Waals surface area contributed by atoms with Crippen LogP contribution >= 0.6 is 11.6 Å². The Morgan fingerprint density at radius 1 is 1.40 bits per heavy atom. The third kappa shape index (κ3) is 3.84. The highest BCUT2D eigenvalue weighted by atomic mass is 35.5. The maximum Gasteiger partial charge on any atom is 0.242 e. The predicted molar refractivity (Wildman–Crippen MR) is 78.9 cm³/mol. The van der Waals surface area contributed by atoms with Gasteiger partial charge in [0.2, 0.25) is 15.9 Å². The van der Waals surface area contributed by atoms with E-state index >= 15 is 0 Å². The molecular formula is C12H18ClN3O3S. The molecule has 0 aliphatic rings. The van der Waals surface area contributed by atoms with Crippen molar-refractivity contribution in [2.24, 2.45) is 5.41 Å². The number of hydrogen-bond acceptors (Lipinski definition) is 4. The van der Waals surface area contributed by atoms with Crippen LogP contribution in [0.4, 0.5) is 5.69 Å². The molecule has 0 aromatic heterocycles. The van der Waals surface area contributed by atoms with Crippen molar-refractivity contribution in [1.29, 1.82) is 0 Å². The van der Waals surface area contributed by atoms with Gasteiger partial charge in [-0.3, -0.25) is 4.79 Å². The van der Waals surface area contributed by atoms with Gasteiger partial charge < -0.3 is 11.1 Å². The molecule has 0 bridgehead atoms. The van der Waals surface area contributed by atoms with Crippen LogP contribution in [-0.4, -0.2) is 27.9 Å². The summed E-state index contributed by atoms with van der Waals surface area (Å²) in [5.41, 5.74) is 4.84. The molecule has 0 unspecified atom stereocenters. The van der Waals surface area contributed by atoms with E-state index in [-0.39, 0.29) is 23.0 Å². The van der Waals surface area contributed by atoms with Crippen molar-refractivity contribution < 1.29 is 13.2 Å². The van der Waals surface area contributed by atoms with Crippen LogP contribution in [0.1, 0.15) is 13.8 Å². The fraction of sp³-hybridized carbons (Fsp3) is 0.417. The predicted octanol–water partition coefficient (Wildman–Crippen LogP) is 0.973. The van der Waals surface area contributed by atoms with Crippen LogP contribution in [0.15, 0.2) is 23.1 Å². The summed E-state index contributed by atoms with van der Waals surface area (Å²) in [4.78, 5) is 11.5. The minimum atomic E-state index is -3.80. The average molecular weight is 320 g/mol. The van der Waals surface area contributed by atoms with Gasteiger partial charge in [0.1, 0.15) is 4.90 Å². The number of anilines is 1. The van der Waals surface area contributed by atoms with Crippen molar-refractivity contribution in [3.8, 4) is 0 Å². The highest BCUT2D eigenvalue weighted by Crippen LogP contribution is 2.23. The lowest BCUT2D eigenvalue weighted by atomic mass is 9.93. The number of halogens is 1. The van der Waals surface area contributed by atoms with Crippen molar-refractivity contribution in [2.45, 2.75) is 18.7 Å². The molecule has 4 N–H and O–H groups in total. The van der Waals surface area contributed by atoms with E-state index in [0.29, 0.717) is 5.02 Å². The number of benzene rings is 1. The number of carbonyl (C=O) groups is 1. The van der Waals surface area contributed by atoms with E-state index in [9.17, 15) is 13.2 Å². The number of nitrogen functional groups attached to an aromatic ring is 1. The Morgan fingerprint density at radius 2 is 2.00 bits per heavy atom. The molecule has 112 valence electrons. The summed E-state index contributed by atoms with van der Waals surface area (Å²) in [6, 6.07) is 4.13. The number of nitrogens with one attached hydrogen (secondary N) is 2. The van der Waals surface area contributed by atoms with Gasteiger partial charge in [-0.05, 0) is 32.0 Å². The number of rotatable bonds is 5. The molecule has 6 nitrogen and oxygen atoms in total. The first-order chi connectivity index (χ1) is 9.10. The zero-order valence-electron chi connectivity index (χ0n) is 11.5. The van der Waals surface area contributed by atoms with E-state index in [1.807, 2.05) is 0 Å². The zero-order chi connectivity index (χ0) is 15.6. The topological polar surface area (TPSA) is 101 Å². The lowest BCUT2D eigenvalue weighted by Crippen LogP contribution is -2.43. The first-order valence-corrected chi connectivity index (χ1v) is 7.73. The lowest BCUT2D eigenvalue weighted by molar-refractivity contribution is -0.128. The molecule has 0 radical (unpaired) electrons. The van der Waals surface area contributed by atoms with E-state index in [1.54, 1.807) is 13.8 Å². The van der Waals surface area contributed by atoms with E-state index in [4.69, 9.17) is 17.3 Å². The SMILES string of the molecule is CNC(=O)C(C)(C)CNS(=O)(=O)c1ccc(Cl)cc1N. The van der Waals surface area contributed by atoms with Crippen molar-refractivity contribution in [2.75, 3.05) is 19.3 Å². The van der Waals surface area contributed by atoms with Gasteiger partial charge in [0.05, 0.1) is 11.1 Å². The monoisotopic (exact) mass is 319 g/mol. The average Bonchev–Trinajstić information content (AvgIpc) is 2.35. The van der Waals surface area contributed by atoms with Crippen LogP contribution in [-0.2, 0) is 14.8 Å². The molecule has 1 aromatic carbocycles. The molecule has 0 fully saturated rings. The first-order valence-electron chi connectivity index (χ1n) is 5.87. The number of carbonyl (C=O) groups excluding carboxylic acids is 1. The second kappa shape index (κ2) is 5.99. The van der Waals surface area contributed by atoms with E-state index in [2.05, 4.69) is 10.0 Å². The fourth-order valence-electron chi connectivity index (χ4n) is 1.54. The Morgan fingerprint density at radius 3 is 2.50 bits per heavy atom. The van der Waals surface area contributed by atoms with Crippen molar-refractivity contribution in [3.63, 3.8) is 0 Å². The standard InChI is InChI=1S/C12H18ClN3O3S/c1-12(2,11(17)15-3)7-16-20(18,19)10-5-4-8(13)6-9(10)14/h4-6,16H,7,14H2,1-3H3,(H,15,17). The van der Waals surface area contributed by atoms with E-state index in [1.165, 1.54) is 25.2 Å². The molecule has 0 aliphatic heterocycles. The van der Waals surface area contributed by atoms with Gasteiger partial charge in [-0.15, -0.1) is 0 Å². The van der Waals surface area contributed by atoms with Gasteiger partial charge in [-0.2, -0.15) is 0 Å². The van der Waals surface area contributed by atoms with E-state index < -0.39 is 15.4 Å². The molecule has 1 rings (SSSR count). The summed E-state index contributed by atoms with van der Waals surface area (Å²) in [5, 5.41) is 2.84. The zero-order valence-corrected chi connectivity index (χ0v) is 13.1. The third-order valence-corrected chi connectivity index (χ3v) is 4.52. The molecule has 0 saturated heterocycles. The summed E-state index contributed by atoms with van der Waals surface area (Å²) in [6.45, 7) is 3.23. The van der Waals surface area contributed by atoms with E-state index in [0.717, 1.165) is 0 Å². The summed E-state index contributed by atoms with van der Waals surface area (Å²) in [6.07, 6.45) is 0. The minimum Gasteiger partial charge on any atom is -0.398 e. The minimum absolute atomic E-state index is 0.0446. The Labute approximate surface area is 123 Å². The summed E-state index contributed by atoms with van der Waals surface area (Å²) >= 11 is 5.73. The van der Waals surface area contributed by atoms with Crippen LogP contribution in [0.5, 0.6) is 0 Å². The van der Waals surface area contributed by atoms with Crippen LogP contribution in [0, 0.1) is 5.41 Å². The summed E-state index contributed by atoms with van der Waals surface area (Å²) in [7, 11) is -2.30. The molecule has 0 spiro atoms. The second-order valence-electron chi connectivity index (χ2n) is 4.97. The number of hydrogen-bond donors (Lipinski definition) is 3. The number of nitrogens with two attached hydrogens (primary N) is 1. The Hall–Kier alpha value is -1.31. The largest absolute Gasteiger partial charge is 0.398 e. The fourth-order valence-corrected chi connectivity index (χ4v) is 3.04. The van der Waals surface area contributed by atoms with Crippen LogP contribution in [0.2, 0.25) is 5.02 Å². The molecule has 1 aromatic rings. The molecule has 0 heterocycles. The Kier molecular flexibility index (Phi) is 5.01. The van der Waals surface area contributed by atoms with Crippen molar-refractivity contribution in [3.05, 3.63) is 23.2 Å². The van der Waals surface area contributed by atoms with Gasteiger partial charge in [0.15, 0.2) is 0 Å². The smallest absolute Gasteiger partial charge is 0.242 e. The second-order valence-corrected chi connectivity index (χ2v) is 7.14. The molecule has 0 aliphatic carbocycles. The maximum atomic E-state index is 12.2. The number of amides is 1. The first kappa shape index (κ1) is 16.7. The maximum absolute atomic E-state index is 12.2. The normalized spacial score (nSPS) is 12.2. The van der Waals surface area contributed by atoms with Gasteiger partial charge in [-0.1, -0.05) is 11.6 Å². The Balaban J connectivity index is 2.94.